The highest BCUT2D eigenvalue weighted by Gasteiger charge is 2.68. The van der Waals surface area contributed by atoms with Gasteiger partial charge in [0.25, 0.3) is 0 Å². The molecule has 0 heterocycles. The van der Waals surface area contributed by atoms with Crippen molar-refractivity contribution in [3.05, 3.63) is 117 Å². The Balaban J connectivity index is 1.96. The van der Waals surface area contributed by atoms with Crippen LogP contribution in [0.25, 0.3) is 0 Å². The number of benzene rings is 3. The molecule has 3 aromatic carbocycles. The maximum atomic E-state index is 12.7. The third kappa shape index (κ3) is 2.12. The van der Waals surface area contributed by atoms with E-state index in [1.165, 1.54) is 0 Å². The maximum absolute atomic E-state index is 12.7. The minimum atomic E-state index is -0.857. The van der Waals surface area contributed by atoms with Crippen LogP contribution in [0.1, 0.15) is 47.1 Å². The Morgan fingerprint density at radius 2 is 1.34 bits per heavy atom. The molecule has 0 spiro atoms. The average Bonchev–Trinajstić information content (AvgIpc) is 2.75. The zero-order chi connectivity index (χ0) is 20.2. The second-order valence-corrected chi connectivity index (χ2v) is 8.36. The molecule has 2 bridgehead atoms. The molecule has 4 nitrogen and oxygen atoms in total. The highest BCUT2D eigenvalue weighted by atomic mass is 16.6. The molecule has 0 radical (unpaired) electrons. The molecule has 29 heavy (non-hydrogen) atoms. The molecule has 4 heteroatoms. The quantitative estimate of drug-likeness (QED) is 0.534. The minimum absolute atomic E-state index is 0.0997. The Morgan fingerprint density at radius 3 is 1.83 bits per heavy atom. The van der Waals surface area contributed by atoms with E-state index in [0.717, 1.165) is 27.8 Å². The van der Waals surface area contributed by atoms with Crippen LogP contribution in [0.5, 0.6) is 0 Å². The molecular formula is C25H23NO3. The number of fused-ring (bicyclic) bond motifs is 1. The van der Waals surface area contributed by atoms with Crippen LogP contribution in [0.3, 0.4) is 0 Å². The van der Waals surface area contributed by atoms with Gasteiger partial charge in [-0.05, 0) is 34.2 Å². The standard InChI is InChI=1S/C25H23NO3/c1-24-18-11-5-7-13-20(18)25(15-16-27,21-14-8-6-12-19(21)24)23(26(28)29)22(24)17-9-3-2-4-10-17/h2-14,22-23,27H,15-16H2,1H3. The molecule has 0 saturated heterocycles. The fourth-order valence-electron chi connectivity index (χ4n) is 6.27. The highest BCUT2D eigenvalue weighted by molar-refractivity contribution is 5.66. The Bertz CT molecular complexity index is 1040. The lowest BCUT2D eigenvalue weighted by Crippen LogP contribution is -2.63. The van der Waals surface area contributed by atoms with Crippen molar-refractivity contribution in [3.8, 4) is 0 Å². The van der Waals surface area contributed by atoms with Crippen molar-refractivity contribution in [1.82, 2.24) is 0 Å². The largest absolute Gasteiger partial charge is 0.396 e. The predicted octanol–water partition coefficient (Wildman–Crippen LogP) is 4.42. The van der Waals surface area contributed by atoms with Gasteiger partial charge in [-0.15, -0.1) is 0 Å². The Morgan fingerprint density at radius 1 is 0.862 bits per heavy atom. The predicted molar refractivity (Wildman–Crippen MR) is 112 cm³/mol. The summed E-state index contributed by atoms with van der Waals surface area (Å²) >= 11 is 0. The van der Waals surface area contributed by atoms with Crippen LogP contribution >= 0.6 is 0 Å². The van der Waals surface area contributed by atoms with Crippen molar-refractivity contribution in [1.29, 1.82) is 0 Å². The van der Waals surface area contributed by atoms with Gasteiger partial charge in [0.15, 0.2) is 0 Å². The van der Waals surface area contributed by atoms with E-state index in [0.29, 0.717) is 6.42 Å². The topological polar surface area (TPSA) is 63.4 Å². The summed E-state index contributed by atoms with van der Waals surface area (Å²) in [5.74, 6) is -0.324. The Kier molecular flexibility index (Phi) is 3.90. The van der Waals surface area contributed by atoms with Crippen molar-refractivity contribution in [2.45, 2.75) is 36.1 Å². The first-order valence-electron chi connectivity index (χ1n) is 10.1. The van der Waals surface area contributed by atoms with Gasteiger partial charge in [-0.3, -0.25) is 10.1 Å². The summed E-state index contributed by atoms with van der Waals surface area (Å²) in [6, 6.07) is 25.2. The van der Waals surface area contributed by atoms with Crippen LogP contribution in [-0.4, -0.2) is 22.7 Å². The molecule has 146 valence electrons. The van der Waals surface area contributed by atoms with E-state index in [1.54, 1.807) is 0 Å². The second-order valence-electron chi connectivity index (χ2n) is 8.36. The van der Waals surface area contributed by atoms with E-state index in [2.05, 4.69) is 19.1 Å². The van der Waals surface area contributed by atoms with Gasteiger partial charge in [0, 0.05) is 16.9 Å². The first kappa shape index (κ1) is 18.1. The summed E-state index contributed by atoms with van der Waals surface area (Å²) in [6.07, 6.45) is 0.325. The van der Waals surface area contributed by atoms with E-state index in [4.69, 9.17) is 0 Å². The number of aliphatic hydroxyl groups excluding tert-OH is 1. The molecule has 2 atom stereocenters. The third-order valence-electron chi connectivity index (χ3n) is 7.27. The summed E-state index contributed by atoms with van der Waals surface area (Å²) in [5, 5.41) is 22.8. The van der Waals surface area contributed by atoms with E-state index in [9.17, 15) is 15.2 Å². The van der Waals surface area contributed by atoms with Crippen LogP contribution in [0.4, 0.5) is 0 Å². The lowest BCUT2D eigenvalue weighted by molar-refractivity contribution is -0.542. The van der Waals surface area contributed by atoms with E-state index in [1.807, 2.05) is 66.7 Å². The summed E-state index contributed by atoms with van der Waals surface area (Å²) in [4.78, 5) is 12.6. The van der Waals surface area contributed by atoms with Gasteiger partial charge >= 0.3 is 0 Å². The Hall–Kier alpha value is -2.98. The van der Waals surface area contributed by atoms with Crippen molar-refractivity contribution < 1.29 is 10.0 Å². The van der Waals surface area contributed by atoms with Crippen molar-refractivity contribution in [3.63, 3.8) is 0 Å². The van der Waals surface area contributed by atoms with Gasteiger partial charge in [0.2, 0.25) is 6.04 Å². The van der Waals surface area contributed by atoms with E-state index in [-0.39, 0.29) is 17.4 Å². The lowest BCUT2D eigenvalue weighted by Gasteiger charge is -2.59. The molecule has 0 aliphatic heterocycles. The van der Waals surface area contributed by atoms with Gasteiger partial charge in [-0.2, -0.15) is 0 Å². The fraction of sp³-hybridized carbons (Fsp3) is 0.280. The minimum Gasteiger partial charge on any atom is -0.396 e. The Labute approximate surface area is 170 Å². The molecule has 2 unspecified atom stereocenters. The molecule has 3 aliphatic rings. The van der Waals surface area contributed by atoms with E-state index < -0.39 is 16.9 Å². The van der Waals surface area contributed by atoms with Crippen LogP contribution in [0.15, 0.2) is 78.9 Å². The first-order valence-corrected chi connectivity index (χ1v) is 10.1. The molecule has 0 fully saturated rings. The zero-order valence-corrected chi connectivity index (χ0v) is 16.3. The molecule has 0 saturated carbocycles. The summed E-state index contributed by atoms with van der Waals surface area (Å²) in [7, 11) is 0. The molecule has 1 N–H and O–H groups in total. The molecule has 3 aliphatic carbocycles. The zero-order valence-electron chi connectivity index (χ0n) is 16.3. The summed E-state index contributed by atoms with van der Waals surface area (Å²) < 4.78 is 0. The van der Waals surface area contributed by atoms with E-state index >= 15 is 0 Å². The van der Waals surface area contributed by atoms with Gasteiger partial charge in [0.1, 0.15) is 0 Å². The van der Waals surface area contributed by atoms with Gasteiger partial charge < -0.3 is 5.11 Å². The van der Waals surface area contributed by atoms with Gasteiger partial charge in [-0.25, -0.2) is 0 Å². The molecule has 3 aromatic rings. The molecule has 6 rings (SSSR count). The fourth-order valence-corrected chi connectivity index (χ4v) is 6.27. The van der Waals surface area contributed by atoms with Gasteiger partial charge in [0.05, 0.1) is 11.3 Å². The lowest BCUT2D eigenvalue weighted by atomic mass is 9.42. The van der Waals surface area contributed by atoms with Crippen LogP contribution in [0.2, 0.25) is 0 Å². The van der Waals surface area contributed by atoms with Crippen LogP contribution in [0, 0.1) is 10.1 Å². The summed E-state index contributed by atoms with van der Waals surface area (Å²) in [5.41, 5.74) is 3.85. The number of nitro groups is 1. The average molecular weight is 385 g/mol. The van der Waals surface area contributed by atoms with Gasteiger partial charge in [-0.1, -0.05) is 85.8 Å². The normalized spacial score (nSPS) is 29.2. The maximum Gasteiger partial charge on any atom is 0.234 e. The van der Waals surface area contributed by atoms with Crippen molar-refractivity contribution >= 4 is 0 Å². The van der Waals surface area contributed by atoms with Crippen molar-refractivity contribution in [2.75, 3.05) is 6.61 Å². The molecular weight excluding hydrogens is 362 g/mol. The highest BCUT2D eigenvalue weighted by Crippen LogP contribution is 2.66. The number of rotatable bonds is 4. The third-order valence-corrected chi connectivity index (χ3v) is 7.27. The second kappa shape index (κ2) is 6.26. The number of aliphatic hydroxyl groups is 1. The van der Waals surface area contributed by atoms with Crippen molar-refractivity contribution in [2.24, 2.45) is 0 Å². The molecule has 0 amide bonds. The molecule has 0 aromatic heterocycles. The number of nitrogens with zero attached hydrogens (tertiary/aromatic N) is 1. The van der Waals surface area contributed by atoms with Crippen LogP contribution in [-0.2, 0) is 10.8 Å². The number of hydrogen-bond donors (Lipinski definition) is 1. The van der Waals surface area contributed by atoms with Crippen LogP contribution < -0.4 is 0 Å². The smallest absolute Gasteiger partial charge is 0.234 e. The number of hydrogen-bond acceptors (Lipinski definition) is 3. The SMILES string of the molecule is CC12c3ccccc3C(CCO)(c3ccccc31)C([N+](=O)[O-])C2c1ccccc1. The monoisotopic (exact) mass is 385 g/mol. The summed E-state index contributed by atoms with van der Waals surface area (Å²) in [6.45, 7) is 2.05. The first-order chi connectivity index (χ1) is 14.1.